The summed E-state index contributed by atoms with van der Waals surface area (Å²) in [6, 6.07) is 16.0. The number of nitrogens with zero attached hydrogens (tertiary/aromatic N) is 4. The standard InChI is InChI=1S/C24H28N6O2/c1-16-27-19-8-4-5-9-20(19)30(16)15-18-14-23(29-24(25)28-18)26-12-6-7-17-10-11-21(31-2)22(13-17)32-3/h4-5,8-11,13-14H,6-7,12,15H2,1-3H3,(H3,25,26,28,29). The van der Waals surface area contributed by atoms with Gasteiger partial charge in [0.15, 0.2) is 11.5 Å². The molecule has 0 atom stereocenters. The fraction of sp³-hybridized carbons (Fsp3) is 0.292. The molecule has 0 aliphatic heterocycles. The first-order chi connectivity index (χ1) is 15.6. The molecule has 0 bridgehead atoms. The van der Waals surface area contributed by atoms with Crippen LogP contribution < -0.4 is 20.5 Å². The maximum Gasteiger partial charge on any atom is 0.222 e. The van der Waals surface area contributed by atoms with E-state index in [1.54, 1.807) is 14.2 Å². The highest BCUT2D eigenvalue weighted by atomic mass is 16.5. The Balaban J connectivity index is 1.39. The number of aromatic nitrogens is 4. The minimum atomic E-state index is 0.256. The van der Waals surface area contributed by atoms with Gasteiger partial charge in [0.05, 0.1) is 37.5 Å². The van der Waals surface area contributed by atoms with Crippen molar-refractivity contribution in [1.29, 1.82) is 0 Å². The van der Waals surface area contributed by atoms with Gasteiger partial charge >= 0.3 is 0 Å². The number of ether oxygens (including phenoxy) is 2. The molecule has 0 amide bonds. The number of benzene rings is 2. The summed E-state index contributed by atoms with van der Waals surface area (Å²) in [5, 5.41) is 3.37. The van der Waals surface area contributed by atoms with Gasteiger partial charge in [0.1, 0.15) is 11.6 Å². The molecule has 8 nitrogen and oxygen atoms in total. The van der Waals surface area contributed by atoms with Crippen molar-refractivity contribution in [2.45, 2.75) is 26.3 Å². The average Bonchev–Trinajstić information content (AvgIpc) is 3.11. The van der Waals surface area contributed by atoms with Crippen molar-refractivity contribution in [3.8, 4) is 11.5 Å². The van der Waals surface area contributed by atoms with Crippen LogP contribution in [0.4, 0.5) is 11.8 Å². The van der Waals surface area contributed by atoms with Crippen LogP contribution in [-0.2, 0) is 13.0 Å². The molecule has 0 fully saturated rings. The lowest BCUT2D eigenvalue weighted by Crippen LogP contribution is -2.10. The molecular weight excluding hydrogens is 404 g/mol. The molecule has 3 N–H and O–H groups in total. The number of para-hydroxylation sites is 2. The Bertz CT molecular complexity index is 1220. The average molecular weight is 433 g/mol. The van der Waals surface area contributed by atoms with E-state index in [1.807, 2.05) is 43.3 Å². The van der Waals surface area contributed by atoms with Crippen molar-refractivity contribution in [3.63, 3.8) is 0 Å². The third-order valence-corrected chi connectivity index (χ3v) is 5.36. The number of imidazole rings is 1. The Morgan fingerprint density at radius 2 is 1.78 bits per heavy atom. The summed E-state index contributed by atoms with van der Waals surface area (Å²) >= 11 is 0. The molecule has 8 heteroatoms. The molecule has 4 rings (SSSR count). The number of anilines is 2. The van der Waals surface area contributed by atoms with E-state index in [0.29, 0.717) is 6.54 Å². The van der Waals surface area contributed by atoms with Gasteiger partial charge in [0.2, 0.25) is 5.95 Å². The number of fused-ring (bicyclic) bond motifs is 1. The van der Waals surface area contributed by atoms with Crippen LogP contribution in [0.2, 0.25) is 0 Å². The molecule has 2 heterocycles. The highest BCUT2D eigenvalue weighted by Gasteiger charge is 2.10. The van der Waals surface area contributed by atoms with Crippen molar-refractivity contribution in [2.24, 2.45) is 0 Å². The van der Waals surface area contributed by atoms with Gasteiger partial charge in [-0.15, -0.1) is 0 Å². The predicted octanol–water partition coefficient (Wildman–Crippen LogP) is 3.83. The number of nitrogens with one attached hydrogen (secondary N) is 1. The predicted molar refractivity (Wildman–Crippen MR) is 126 cm³/mol. The third kappa shape index (κ3) is 4.74. The number of aryl methyl sites for hydroxylation is 2. The van der Waals surface area contributed by atoms with E-state index in [9.17, 15) is 0 Å². The Morgan fingerprint density at radius 1 is 0.969 bits per heavy atom. The zero-order valence-electron chi connectivity index (χ0n) is 18.6. The zero-order valence-corrected chi connectivity index (χ0v) is 18.6. The van der Waals surface area contributed by atoms with E-state index in [0.717, 1.165) is 59.3 Å². The molecule has 2 aromatic heterocycles. The lowest BCUT2D eigenvalue weighted by molar-refractivity contribution is 0.354. The number of methoxy groups -OCH3 is 2. The van der Waals surface area contributed by atoms with Gasteiger partial charge in [-0.25, -0.2) is 9.97 Å². The molecule has 0 spiro atoms. The molecular formula is C24H28N6O2. The summed E-state index contributed by atoms with van der Waals surface area (Å²) < 4.78 is 12.8. The Kier molecular flexibility index (Phi) is 6.39. The van der Waals surface area contributed by atoms with E-state index in [-0.39, 0.29) is 5.95 Å². The van der Waals surface area contributed by atoms with Crippen molar-refractivity contribution >= 4 is 22.8 Å². The van der Waals surface area contributed by atoms with Gasteiger partial charge in [-0.2, -0.15) is 4.98 Å². The fourth-order valence-corrected chi connectivity index (χ4v) is 3.79. The fourth-order valence-electron chi connectivity index (χ4n) is 3.79. The van der Waals surface area contributed by atoms with Crippen molar-refractivity contribution in [1.82, 2.24) is 19.5 Å². The van der Waals surface area contributed by atoms with Crippen molar-refractivity contribution in [3.05, 3.63) is 65.6 Å². The molecule has 166 valence electrons. The van der Waals surface area contributed by atoms with Crippen LogP contribution in [0.1, 0.15) is 23.5 Å². The van der Waals surface area contributed by atoms with E-state index in [4.69, 9.17) is 15.2 Å². The largest absolute Gasteiger partial charge is 0.493 e. The molecule has 0 aliphatic rings. The number of rotatable bonds is 9. The summed E-state index contributed by atoms with van der Waals surface area (Å²) in [5.41, 5.74) is 10.1. The Morgan fingerprint density at radius 3 is 2.59 bits per heavy atom. The molecule has 32 heavy (non-hydrogen) atoms. The van der Waals surface area contributed by atoms with Crippen LogP contribution in [-0.4, -0.2) is 40.3 Å². The summed E-state index contributed by atoms with van der Waals surface area (Å²) in [6.07, 6.45) is 1.83. The van der Waals surface area contributed by atoms with Crippen LogP contribution in [0, 0.1) is 6.92 Å². The lowest BCUT2D eigenvalue weighted by atomic mass is 10.1. The zero-order chi connectivity index (χ0) is 22.5. The third-order valence-electron chi connectivity index (χ3n) is 5.36. The number of hydrogen-bond acceptors (Lipinski definition) is 7. The van der Waals surface area contributed by atoms with Crippen molar-refractivity contribution < 1.29 is 9.47 Å². The molecule has 4 aromatic rings. The molecule has 0 aliphatic carbocycles. The van der Waals surface area contributed by atoms with E-state index in [1.165, 1.54) is 5.56 Å². The minimum absolute atomic E-state index is 0.256. The van der Waals surface area contributed by atoms with Gasteiger partial charge in [-0.3, -0.25) is 0 Å². The van der Waals surface area contributed by atoms with E-state index >= 15 is 0 Å². The molecule has 2 aromatic carbocycles. The van der Waals surface area contributed by atoms with Crippen LogP contribution in [0.5, 0.6) is 11.5 Å². The van der Waals surface area contributed by atoms with Gasteiger partial charge in [0.25, 0.3) is 0 Å². The first-order valence-electron chi connectivity index (χ1n) is 10.6. The first kappa shape index (κ1) is 21.4. The van der Waals surface area contributed by atoms with Crippen LogP contribution in [0.3, 0.4) is 0 Å². The highest BCUT2D eigenvalue weighted by molar-refractivity contribution is 5.76. The molecule has 0 saturated heterocycles. The summed E-state index contributed by atoms with van der Waals surface area (Å²) in [7, 11) is 3.29. The normalized spacial score (nSPS) is 11.0. The van der Waals surface area contributed by atoms with Gasteiger partial charge in [-0.1, -0.05) is 18.2 Å². The number of nitrogen functional groups attached to an aromatic ring is 1. The monoisotopic (exact) mass is 432 g/mol. The second-order valence-corrected chi connectivity index (χ2v) is 7.56. The second-order valence-electron chi connectivity index (χ2n) is 7.56. The number of hydrogen-bond donors (Lipinski definition) is 2. The topological polar surface area (TPSA) is 100 Å². The van der Waals surface area contributed by atoms with Crippen LogP contribution >= 0.6 is 0 Å². The quantitative estimate of drug-likeness (QED) is 0.388. The maximum absolute atomic E-state index is 5.98. The molecule has 0 radical (unpaired) electrons. The number of nitrogens with two attached hydrogens (primary N) is 1. The minimum Gasteiger partial charge on any atom is -0.493 e. The SMILES string of the molecule is COc1ccc(CCCNc2cc(Cn3c(C)nc4ccccc43)nc(N)n2)cc1OC. The second kappa shape index (κ2) is 9.55. The van der Waals surface area contributed by atoms with Gasteiger partial charge < -0.3 is 25.1 Å². The summed E-state index contributed by atoms with van der Waals surface area (Å²) in [4.78, 5) is 13.4. The Labute approximate surface area is 187 Å². The molecule has 0 saturated carbocycles. The summed E-state index contributed by atoms with van der Waals surface area (Å²) in [6.45, 7) is 3.34. The molecule has 0 unspecified atom stereocenters. The first-order valence-corrected chi connectivity index (χ1v) is 10.6. The van der Waals surface area contributed by atoms with E-state index < -0.39 is 0 Å². The van der Waals surface area contributed by atoms with Crippen LogP contribution in [0.15, 0.2) is 48.5 Å². The maximum atomic E-state index is 5.98. The Hall–Kier alpha value is -3.81. The van der Waals surface area contributed by atoms with Crippen molar-refractivity contribution in [2.75, 3.05) is 31.8 Å². The van der Waals surface area contributed by atoms with Gasteiger partial charge in [-0.05, 0) is 49.6 Å². The van der Waals surface area contributed by atoms with E-state index in [2.05, 4.69) is 37.0 Å². The van der Waals surface area contributed by atoms with Crippen LogP contribution in [0.25, 0.3) is 11.0 Å². The lowest BCUT2D eigenvalue weighted by Gasteiger charge is -2.11. The van der Waals surface area contributed by atoms with Gasteiger partial charge in [0, 0.05) is 12.6 Å². The smallest absolute Gasteiger partial charge is 0.222 e. The highest BCUT2D eigenvalue weighted by Crippen LogP contribution is 2.28. The summed E-state index contributed by atoms with van der Waals surface area (Å²) in [5.74, 6) is 3.40.